The molecule has 0 radical (unpaired) electrons. The van der Waals surface area contributed by atoms with Crippen molar-refractivity contribution < 1.29 is 5.11 Å². The molecule has 0 saturated heterocycles. The van der Waals surface area contributed by atoms with Crippen LogP contribution >= 0.6 is 11.6 Å². The van der Waals surface area contributed by atoms with Gasteiger partial charge in [-0.15, -0.1) is 0 Å². The van der Waals surface area contributed by atoms with Crippen molar-refractivity contribution >= 4 is 17.5 Å². The van der Waals surface area contributed by atoms with Crippen molar-refractivity contribution in [2.24, 2.45) is 5.84 Å². The molecule has 7 nitrogen and oxygen atoms in total. The highest BCUT2D eigenvalue weighted by Gasteiger charge is 2.08. The van der Waals surface area contributed by atoms with E-state index in [0.29, 0.717) is 10.7 Å². The summed E-state index contributed by atoms with van der Waals surface area (Å²) in [5.74, 6) is 5.36. The third-order valence-corrected chi connectivity index (χ3v) is 1.94. The summed E-state index contributed by atoms with van der Waals surface area (Å²) in [4.78, 5) is 15.2. The van der Waals surface area contributed by atoms with Crippen LogP contribution in [0, 0.1) is 0 Å². The summed E-state index contributed by atoms with van der Waals surface area (Å²) >= 11 is 5.79. The minimum Gasteiger partial charge on any atom is -0.479 e. The van der Waals surface area contributed by atoms with Crippen LogP contribution in [0.4, 0.5) is 5.95 Å². The summed E-state index contributed by atoms with van der Waals surface area (Å²) < 4.78 is 0. The van der Waals surface area contributed by atoms with Crippen molar-refractivity contribution in [2.45, 2.75) is 0 Å². The lowest BCUT2D eigenvalue weighted by atomic mass is 10.3. The Bertz CT molecular complexity index is 520. The fourth-order valence-electron chi connectivity index (χ4n) is 1.07. The van der Waals surface area contributed by atoms with Crippen molar-refractivity contribution in [1.82, 2.24) is 19.9 Å². The molecule has 2 aromatic heterocycles. The third kappa shape index (κ3) is 2.15. The fraction of sp³-hybridized carbons (Fsp3) is 0. The maximum Gasteiger partial charge on any atom is 0.319 e. The second-order valence-electron chi connectivity index (χ2n) is 2.79. The van der Waals surface area contributed by atoms with Crippen molar-refractivity contribution in [3.05, 3.63) is 23.4 Å². The Labute approximate surface area is 95.3 Å². The van der Waals surface area contributed by atoms with E-state index < -0.39 is 6.01 Å². The summed E-state index contributed by atoms with van der Waals surface area (Å²) in [6, 6.07) is 2.74. The van der Waals surface area contributed by atoms with Crippen molar-refractivity contribution in [3.63, 3.8) is 0 Å². The van der Waals surface area contributed by atoms with Gasteiger partial charge in [-0.05, 0) is 12.1 Å². The van der Waals surface area contributed by atoms with Crippen LogP contribution < -0.4 is 11.3 Å². The standard InChI is InChI=1S/C8H7ClN6O/c9-4-1-2-11-5(3-4)6-12-7(15-10)14-8(16)13-6/h1-3H,10H2,(H2,12,13,14,15,16). The van der Waals surface area contributed by atoms with Crippen LogP contribution in [-0.4, -0.2) is 25.0 Å². The molecule has 0 unspecified atom stereocenters. The monoisotopic (exact) mass is 238 g/mol. The highest BCUT2D eigenvalue weighted by molar-refractivity contribution is 6.30. The van der Waals surface area contributed by atoms with Crippen LogP contribution in [0.25, 0.3) is 11.5 Å². The SMILES string of the molecule is NNc1nc(O)nc(-c2cc(Cl)ccn2)n1. The summed E-state index contributed by atoms with van der Waals surface area (Å²) in [7, 11) is 0. The van der Waals surface area contributed by atoms with Crippen molar-refractivity contribution in [1.29, 1.82) is 0 Å². The number of hydrazine groups is 1. The average Bonchev–Trinajstić information content (AvgIpc) is 2.28. The van der Waals surface area contributed by atoms with E-state index in [4.69, 9.17) is 17.4 Å². The zero-order chi connectivity index (χ0) is 11.5. The van der Waals surface area contributed by atoms with Crippen LogP contribution in [0.5, 0.6) is 6.01 Å². The van der Waals surface area contributed by atoms with Gasteiger partial charge in [0.2, 0.25) is 5.95 Å². The molecule has 4 N–H and O–H groups in total. The number of nitrogens with two attached hydrogens (primary N) is 1. The Morgan fingerprint density at radius 1 is 1.31 bits per heavy atom. The minimum absolute atomic E-state index is 0.0456. The number of aromatic hydroxyl groups is 1. The average molecular weight is 239 g/mol. The molecule has 8 heteroatoms. The molecule has 0 aliphatic heterocycles. The van der Waals surface area contributed by atoms with E-state index in [1.54, 1.807) is 12.1 Å². The quantitative estimate of drug-likeness (QED) is 0.518. The van der Waals surface area contributed by atoms with Crippen LogP contribution in [0.1, 0.15) is 0 Å². The summed E-state index contributed by atoms with van der Waals surface area (Å²) in [6.45, 7) is 0. The molecule has 0 fully saturated rings. The third-order valence-electron chi connectivity index (χ3n) is 1.70. The van der Waals surface area contributed by atoms with Gasteiger partial charge in [0.1, 0.15) is 5.69 Å². The lowest BCUT2D eigenvalue weighted by Crippen LogP contribution is -2.11. The lowest BCUT2D eigenvalue weighted by molar-refractivity contribution is 0.429. The first-order valence-electron chi connectivity index (χ1n) is 4.22. The van der Waals surface area contributed by atoms with Gasteiger partial charge in [0, 0.05) is 11.2 Å². The van der Waals surface area contributed by atoms with Gasteiger partial charge in [-0.2, -0.15) is 15.0 Å². The second kappa shape index (κ2) is 4.25. The van der Waals surface area contributed by atoms with Crippen molar-refractivity contribution in [3.8, 4) is 17.5 Å². The Morgan fingerprint density at radius 3 is 2.81 bits per heavy atom. The molecule has 0 atom stereocenters. The van der Waals surface area contributed by atoms with Crippen LogP contribution in [0.15, 0.2) is 18.3 Å². The van der Waals surface area contributed by atoms with E-state index >= 15 is 0 Å². The number of hydrogen-bond donors (Lipinski definition) is 3. The first kappa shape index (κ1) is 10.5. The van der Waals surface area contributed by atoms with Crippen LogP contribution in [0.3, 0.4) is 0 Å². The molecule has 2 aromatic rings. The van der Waals surface area contributed by atoms with Crippen molar-refractivity contribution in [2.75, 3.05) is 5.43 Å². The van der Waals surface area contributed by atoms with E-state index in [1.807, 2.05) is 0 Å². The highest BCUT2D eigenvalue weighted by atomic mass is 35.5. The van der Waals surface area contributed by atoms with E-state index in [9.17, 15) is 5.11 Å². The number of halogens is 1. The predicted octanol–water partition coefficient (Wildman–Crippen LogP) is 0.578. The first-order valence-corrected chi connectivity index (χ1v) is 4.60. The number of nitrogen functional groups attached to an aromatic ring is 1. The Kier molecular flexibility index (Phi) is 2.80. The molecule has 0 aromatic carbocycles. The maximum atomic E-state index is 9.24. The number of nitrogens with one attached hydrogen (secondary N) is 1. The molecular weight excluding hydrogens is 232 g/mol. The normalized spacial score (nSPS) is 10.1. The van der Waals surface area contributed by atoms with E-state index in [1.165, 1.54) is 6.20 Å². The highest BCUT2D eigenvalue weighted by Crippen LogP contribution is 2.18. The van der Waals surface area contributed by atoms with Gasteiger partial charge in [-0.1, -0.05) is 11.6 Å². The molecule has 0 amide bonds. The second-order valence-corrected chi connectivity index (χ2v) is 3.22. The molecule has 82 valence electrons. The molecule has 0 aliphatic carbocycles. The topological polar surface area (TPSA) is 110 Å². The Balaban J connectivity index is 2.51. The number of hydrogen-bond acceptors (Lipinski definition) is 7. The van der Waals surface area contributed by atoms with Gasteiger partial charge in [0.05, 0.1) is 0 Å². The molecular formula is C8H7ClN6O. The molecule has 2 rings (SSSR count). The number of nitrogens with zero attached hydrogens (tertiary/aromatic N) is 4. The number of rotatable bonds is 2. The van der Waals surface area contributed by atoms with E-state index in [0.717, 1.165) is 0 Å². The Hall–Kier alpha value is -1.99. The summed E-state index contributed by atoms with van der Waals surface area (Å²) in [5.41, 5.74) is 2.63. The predicted molar refractivity (Wildman–Crippen MR) is 57.5 cm³/mol. The van der Waals surface area contributed by atoms with E-state index in [-0.39, 0.29) is 11.8 Å². The zero-order valence-electron chi connectivity index (χ0n) is 7.92. The van der Waals surface area contributed by atoms with Gasteiger partial charge >= 0.3 is 6.01 Å². The molecule has 0 aliphatic rings. The number of aromatic nitrogens is 4. The summed E-state index contributed by atoms with van der Waals surface area (Å²) in [5, 5.41) is 9.73. The molecule has 0 spiro atoms. The van der Waals surface area contributed by atoms with E-state index in [2.05, 4.69) is 25.4 Å². The maximum absolute atomic E-state index is 9.24. The molecule has 0 saturated carbocycles. The lowest BCUT2D eigenvalue weighted by Gasteiger charge is -2.02. The number of anilines is 1. The zero-order valence-corrected chi connectivity index (χ0v) is 8.68. The van der Waals surface area contributed by atoms with Gasteiger partial charge in [0.15, 0.2) is 5.82 Å². The van der Waals surface area contributed by atoms with Gasteiger partial charge < -0.3 is 5.11 Å². The van der Waals surface area contributed by atoms with Crippen LogP contribution in [-0.2, 0) is 0 Å². The van der Waals surface area contributed by atoms with Gasteiger partial charge in [0.25, 0.3) is 0 Å². The van der Waals surface area contributed by atoms with Gasteiger partial charge in [-0.3, -0.25) is 10.4 Å². The summed E-state index contributed by atoms with van der Waals surface area (Å²) in [6.07, 6.45) is 1.51. The molecule has 2 heterocycles. The van der Waals surface area contributed by atoms with Gasteiger partial charge in [-0.25, -0.2) is 5.84 Å². The molecule has 16 heavy (non-hydrogen) atoms. The molecule has 0 bridgehead atoms. The first-order chi connectivity index (χ1) is 7.69. The van der Waals surface area contributed by atoms with Crippen LogP contribution in [0.2, 0.25) is 5.02 Å². The smallest absolute Gasteiger partial charge is 0.319 e. The largest absolute Gasteiger partial charge is 0.479 e. The number of pyridine rings is 1. The minimum atomic E-state index is -0.445. The fourth-order valence-corrected chi connectivity index (χ4v) is 1.23. The Morgan fingerprint density at radius 2 is 2.12 bits per heavy atom.